The zero-order valence-electron chi connectivity index (χ0n) is 10.2. The monoisotopic (exact) mass is 233 g/mol. The van der Waals surface area contributed by atoms with Gasteiger partial charge in [0, 0.05) is 45.0 Å². The van der Waals surface area contributed by atoms with Crippen molar-refractivity contribution in [2.24, 2.45) is 0 Å². The maximum atomic E-state index is 12.1. The van der Waals surface area contributed by atoms with E-state index in [1.165, 1.54) is 0 Å². The second-order valence-corrected chi connectivity index (χ2v) is 4.52. The fourth-order valence-corrected chi connectivity index (χ4v) is 2.09. The highest BCUT2D eigenvalue weighted by Gasteiger charge is 2.19. The van der Waals surface area contributed by atoms with E-state index in [4.69, 9.17) is 0 Å². The highest BCUT2D eigenvalue weighted by Crippen LogP contribution is 2.18. The molecule has 1 aliphatic rings. The van der Waals surface area contributed by atoms with Crippen molar-refractivity contribution >= 4 is 5.91 Å². The van der Waals surface area contributed by atoms with Crippen molar-refractivity contribution in [1.29, 1.82) is 0 Å². The second kappa shape index (κ2) is 5.77. The predicted octanol–water partition coefficient (Wildman–Crippen LogP) is 1.01. The van der Waals surface area contributed by atoms with Crippen molar-refractivity contribution in [3.05, 3.63) is 30.1 Å². The molecule has 17 heavy (non-hydrogen) atoms. The molecule has 1 aromatic rings. The van der Waals surface area contributed by atoms with Crippen LogP contribution < -0.4 is 5.32 Å². The van der Waals surface area contributed by atoms with Crippen molar-refractivity contribution in [2.75, 3.05) is 26.2 Å². The van der Waals surface area contributed by atoms with Crippen LogP contribution in [-0.2, 0) is 4.79 Å². The van der Waals surface area contributed by atoms with Gasteiger partial charge in [-0.3, -0.25) is 9.78 Å². The van der Waals surface area contributed by atoms with Crippen LogP contribution in [-0.4, -0.2) is 42.0 Å². The Hall–Kier alpha value is -1.42. The van der Waals surface area contributed by atoms with E-state index < -0.39 is 0 Å². The van der Waals surface area contributed by atoms with Crippen LogP contribution in [0, 0.1) is 0 Å². The average Bonchev–Trinajstić information content (AvgIpc) is 2.40. The minimum absolute atomic E-state index is 0.242. The van der Waals surface area contributed by atoms with Crippen LogP contribution in [0.4, 0.5) is 0 Å². The van der Waals surface area contributed by atoms with Crippen molar-refractivity contribution < 1.29 is 4.79 Å². The standard InChI is InChI=1S/C13H19N3O/c1-11(12-3-2-4-15-10-12)9-13(17)16-7-5-14-6-8-16/h2-4,10-11,14H,5-9H2,1H3. The fourth-order valence-electron chi connectivity index (χ4n) is 2.09. The molecule has 0 bridgehead atoms. The molecule has 1 atom stereocenters. The van der Waals surface area contributed by atoms with E-state index in [2.05, 4.69) is 17.2 Å². The number of carbonyl (C=O) groups is 1. The molecule has 0 aliphatic carbocycles. The summed E-state index contributed by atoms with van der Waals surface area (Å²) in [5.41, 5.74) is 1.14. The summed E-state index contributed by atoms with van der Waals surface area (Å²) < 4.78 is 0. The number of piperazine rings is 1. The first-order valence-corrected chi connectivity index (χ1v) is 6.16. The Kier molecular flexibility index (Phi) is 4.09. The van der Waals surface area contributed by atoms with Crippen molar-refractivity contribution in [2.45, 2.75) is 19.3 Å². The molecule has 1 fully saturated rings. The summed E-state index contributed by atoms with van der Waals surface area (Å²) in [4.78, 5) is 18.1. The Morgan fingerprint density at radius 2 is 2.29 bits per heavy atom. The quantitative estimate of drug-likeness (QED) is 0.847. The van der Waals surface area contributed by atoms with Gasteiger partial charge in [0.15, 0.2) is 0 Å². The van der Waals surface area contributed by atoms with Gasteiger partial charge in [0.05, 0.1) is 0 Å². The molecule has 0 spiro atoms. The van der Waals surface area contributed by atoms with E-state index >= 15 is 0 Å². The Morgan fingerprint density at radius 3 is 2.94 bits per heavy atom. The molecule has 4 heteroatoms. The van der Waals surface area contributed by atoms with Crippen LogP contribution >= 0.6 is 0 Å². The van der Waals surface area contributed by atoms with Gasteiger partial charge >= 0.3 is 0 Å². The molecule has 1 unspecified atom stereocenters. The average molecular weight is 233 g/mol. The third kappa shape index (κ3) is 3.27. The summed E-state index contributed by atoms with van der Waals surface area (Å²) in [6.45, 7) is 5.56. The Morgan fingerprint density at radius 1 is 1.53 bits per heavy atom. The largest absolute Gasteiger partial charge is 0.340 e. The fraction of sp³-hybridized carbons (Fsp3) is 0.538. The molecule has 1 aliphatic heterocycles. The normalized spacial score (nSPS) is 17.8. The lowest BCUT2D eigenvalue weighted by atomic mass is 9.99. The van der Waals surface area contributed by atoms with Crippen LogP contribution in [0.1, 0.15) is 24.8 Å². The molecule has 2 rings (SSSR count). The molecule has 1 N–H and O–H groups in total. The molecule has 1 aromatic heterocycles. The van der Waals surface area contributed by atoms with Crippen LogP contribution in [0.15, 0.2) is 24.5 Å². The Labute approximate surface area is 102 Å². The van der Waals surface area contributed by atoms with Crippen LogP contribution in [0.2, 0.25) is 0 Å². The van der Waals surface area contributed by atoms with Gasteiger partial charge in [0.2, 0.25) is 5.91 Å². The number of aromatic nitrogens is 1. The molecular weight excluding hydrogens is 214 g/mol. The number of hydrogen-bond acceptors (Lipinski definition) is 3. The first-order chi connectivity index (χ1) is 8.27. The molecule has 92 valence electrons. The summed E-state index contributed by atoms with van der Waals surface area (Å²) in [7, 11) is 0. The van der Waals surface area contributed by atoms with Gasteiger partial charge in [0.1, 0.15) is 0 Å². The summed E-state index contributed by atoms with van der Waals surface area (Å²) >= 11 is 0. The summed E-state index contributed by atoms with van der Waals surface area (Å²) in [6, 6.07) is 3.95. The molecule has 0 aromatic carbocycles. The van der Waals surface area contributed by atoms with Gasteiger partial charge in [-0.05, 0) is 17.5 Å². The van der Waals surface area contributed by atoms with Gasteiger partial charge in [-0.1, -0.05) is 13.0 Å². The van der Waals surface area contributed by atoms with E-state index in [0.29, 0.717) is 6.42 Å². The van der Waals surface area contributed by atoms with E-state index in [0.717, 1.165) is 31.7 Å². The van der Waals surface area contributed by atoms with Gasteiger partial charge < -0.3 is 10.2 Å². The van der Waals surface area contributed by atoms with Gasteiger partial charge in [-0.2, -0.15) is 0 Å². The van der Waals surface area contributed by atoms with Crippen LogP contribution in [0.25, 0.3) is 0 Å². The Balaban J connectivity index is 1.89. The first-order valence-electron chi connectivity index (χ1n) is 6.16. The predicted molar refractivity (Wildman–Crippen MR) is 66.7 cm³/mol. The molecule has 2 heterocycles. The maximum Gasteiger partial charge on any atom is 0.223 e. The van der Waals surface area contributed by atoms with Gasteiger partial charge in [-0.15, -0.1) is 0 Å². The molecule has 0 radical (unpaired) electrons. The number of nitrogens with one attached hydrogen (secondary N) is 1. The zero-order chi connectivity index (χ0) is 12.1. The van der Waals surface area contributed by atoms with E-state index in [1.54, 1.807) is 6.20 Å². The number of carbonyl (C=O) groups excluding carboxylic acids is 1. The SMILES string of the molecule is CC(CC(=O)N1CCNCC1)c1cccnc1. The first kappa shape index (κ1) is 12.0. The van der Waals surface area contributed by atoms with Crippen molar-refractivity contribution in [3.8, 4) is 0 Å². The van der Waals surface area contributed by atoms with E-state index in [1.807, 2.05) is 23.2 Å². The van der Waals surface area contributed by atoms with Crippen molar-refractivity contribution in [1.82, 2.24) is 15.2 Å². The maximum absolute atomic E-state index is 12.1. The van der Waals surface area contributed by atoms with E-state index in [9.17, 15) is 4.79 Å². The third-order valence-electron chi connectivity index (χ3n) is 3.20. The minimum Gasteiger partial charge on any atom is -0.340 e. The van der Waals surface area contributed by atoms with Gasteiger partial charge in [-0.25, -0.2) is 0 Å². The zero-order valence-corrected chi connectivity index (χ0v) is 10.2. The highest BCUT2D eigenvalue weighted by molar-refractivity contribution is 5.77. The summed E-state index contributed by atoms with van der Waals surface area (Å²) in [5, 5.41) is 3.25. The number of amides is 1. The number of rotatable bonds is 3. The van der Waals surface area contributed by atoms with Crippen molar-refractivity contribution in [3.63, 3.8) is 0 Å². The Bertz CT molecular complexity index is 360. The minimum atomic E-state index is 0.242. The van der Waals surface area contributed by atoms with Crippen LogP contribution in [0.3, 0.4) is 0 Å². The molecular formula is C13H19N3O. The molecule has 4 nitrogen and oxygen atoms in total. The molecule has 1 amide bonds. The highest BCUT2D eigenvalue weighted by atomic mass is 16.2. The second-order valence-electron chi connectivity index (χ2n) is 4.52. The summed E-state index contributed by atoms with van der Waals surface area (Å²) in [6.07, 6.45) is 4.18. The lowest BCUT2D eigenvalue weighted by Gasteiger charge is -2.28. The van der Waals surface area contributed by atoms with Gasteiger partial charge in [0.25, 0.3) is 0 Å². The smallest absolute Gasteiger partial charge is 0.223 e. The lowest BCUT2D eigenvalue weighted by Crippen LogP contribution is -2.46. The number of nitrogens with zero attached hydrogens (tertiary/aromatic N) is 2. The number of hydrogen-bond donors (Lipinski definition) is 1. The molecule has 1 saturated heterocycles. The van der Waals surface area contributed by atoms with E-state index in [-0.39, 0.29) is 11.8 Å². The number of pyridine rings is 1. The summed E-state index contributed by atoms with van der Waals surface area (Å²) in [5.74, 6) is 0.494. The van der Waals surface area contributed by atoms with Crippen LogP contribution in [0.5, 0.6) is 0 Å². The molecule has 0 saturated carbocycles. The lowest BCUT2D eigenvalue weighted by molar-refractivity contribution is -0.132. The third-order valence-corrected chi connectivity index (χ3v) is 3.20. The topological polar surface area (TPSA) is 45.2 Å².